The van der Waals surface area contributed by atoms with Gasteiger partial charge in [-0.3, -0.25) is 9.30 Å². The topological polar surface area (TPSA) is 58.3 Å². The lowest BCUT2D eigenvalue weighted by Crippen LogP contribution is -2.39. The zero-order chi connectivity index (χ0) is 21.6. The third kappa shape index (κ3) is 3.64. The number of hydrogen-bond acceptors (Lipinski definition) is 5. The first-order valence-corrected chi connectivity index (χ1v) is 10.1. The molecular formula is C22H21F3N6. The van der Waals surface area contributed by atoms with Gasteiger partial charge in [0.05, 0.1) is 5.52 Å². The molecule has 1 aliphatic heterocycles. The number of benzene rings is 1. The van der Waals surface area contributed by atoms with E-state index in [-0.39, 0.29) is 11.6 Å². The Morgan fingerprint density at radius 1 is 1.06 bits per heavy atom. The number of likely N-dealkylation sites (N-methyl/N-ethyl adjacent to an activating group) is 1. The summed E-state index contributed by atoms with van der Waals surface area (Å²) in [6.07, 6.45) is -2.22. The number of halogens is 3. The van der Waals surface area contributed by atoms with Gasteiger partial charge < -0.3 is 5.32 Å². The molecule has 1 aliphatic rings. The molecule has 0 amide bonds. The highest BCUT2D eigenvalue weighted by Gasteiger charge is 2.46. The predicted molar refractivity (Wildman–Crippen MR) is 112 cm³/mol. The molecule has 0 saturated carbocycles. The Morgan fingerprint density at radius 2 is 1.90 bits per heavy atom. The van der Waals surface area contributed by atoms with Crippen molar-refractivity contribution >= 4 is 16.6 Å². The van der Waals surface area contributed by atoms with Gasteiger partial charge in [-0.15, -0.1) is 10.2 Å². The van der Waals surface area contributed by atoms with Crippen LogP contribution in [0.3, 0.4) is 0 Å². The molecule has 1 unspecified atom stereocenters. The molecule has 0 aliphatic carbocycles. The van der Waals surface area contributed by atoms with Crippen LogP contribution in [0, 0.1) is 0 Å². The van der Waals surface area contributed by atoms with E-state index in [1.54, 1.807) is 17.5 Å². The SMILES string of the molecule is CNC1CCN([C@H](c2ccc3nnc(-c4ccc5ccccc5n4)n3c2)C(F)(F)F)C1. The van der Waals surface area contributed by atoms with Gasteiger partial charge in [0.1, 0.15) is 11.7 Å². The van der Waals surface area contributed by atoms with E-state index in [1.165, 1.54) is 17.2 Å². The molecule has 4 aromatic rings. The highest BCUT2D eigenvalue weighted by atomic mass is 19.4. The van der Waals surface area contributed by atoms with E-state index in [1.807, 2.05) is 36.4 Å². The van der Waals surface area contributed by atoms with Crippen LogP contribution in [0.4, 0.5) is 13.2 Å². The van der Waals surface area contributed by atoms with Crippen LogP contribution in [0.15, 0.2) is 54.7 Å². The van der Waals surface area contributed by atoms with Gasteiger partial charge in [-0.05, 0) is 37.2 Å². The van der Waals surface area contributed by atoms with E-state index < -0.39 is 12.2 Å². The first-order chi connectivity index (χ1) is 14.9. The van der Waals surface area contributed by atoms with Crippen molar-refractivity contribution in [3.05, 3.63) is 60.3 Å². The number of nitrogens with one attached hydrogen (secondary N) is 1. The lowest BCUT2D eigenvalue weighted by molar-refractivity contribution is -0.184. The molecule has 0 spiro atoms. The van der Waals surface area contributed by atoms with E-state index >= 15 is 0 Å². The number of nitrogens with zero attached hydrogens (tertiary/aromatic N) is 5. The van der Waals surface area contributed by atoms with Crippen molar-refractivity contribution < 1.29 is 13.2 Å². The van der Waals surface area contributed by atoms with Crippen LogP contribution in [0.2, 0.25) is 0 Å². The maximum absolute atomic E-state index is 14.1. The molecule has 160 valence electrons. The zero-order valence-corrected chi connectivity index (χ0v) is 16.8. The van der Waals surface area contributed by atoms with Gasteiger partial charge in [0.25, 0.3) is 0 Å². The van der Waals surface area contributed by atoms with E-state index in [0.717, 1.165) is 10.9 Å². The summed E-state index contributed by atoms with van der Waals surface area (Å²) in [5, 5.41) is 12.4. The highest BCUT2D eigenvalue weighted by Crippen LogP contribution is 2.39. The van der Waals surface area contributed by atoms with Gasteiger partial charge in [-0.25, -0.2) is 4.98 Å². The predicted octanol–water partition coefficient (Wildman–Crippen LogP) is 3.84. The van der Waals surface area contributed by atoms with Gasteiger partial charge in [0.2, 0.25) is 0 Å². The Bertz CT molecular complexity index is 1230. The molecule has 1 aromatic carbocycles. The Kier molecular flexibility index (Phi) is 4.86. The third-order valence-electron chi connectivity index (χ3n) is 5.87. The van der Waals surface area contributed by atoms with E-state index in [9.17, 15) is 13.2 Å². The summed E-state index contributed by atoms with van der Waals surface area (Å²) < 4.78 is 43.9. The Labute approximate surface area is 176 Å². The minimum absolute atomic E-state index is 0.0563. The highest BCUT2D eigenvalue weighted by molar-refractivity contribution is 5.80. The first-order valence-electron chi connectivity index (χ1n) is 10.1. The Hall–Kier alpha value is -3.04. The van der Waals surface area contributed by atoms with Crippen LogP contribution in [0.1, 0.15) is 18.0 Å². The fourth-order valence-corrected chi connectivity index (χ4v) is 4.30. The second-order valence-electron chi connectivity index (χ2n) is 7.82. The summed E-state index contributed by atoms with van der Waals surface area (Å²) in [5.41, 5.74) is 1.99. The molecule has 0 bridgehead atoms. The molecule has 5 rings (SSSR count). The van der Waals surface area contributed by atoms with Crippen molar-refractivity contribution in [2.75, 3.05) is 20.1 Å². The van der Waals surface area contributed by atoms with E-state index in [4.69, 9.17) is 0 Å². The summed E-state index contributed by atoms with van der Waals surface area (Å²) in [7, 11) is 1.78. The number of likely N-dealkylation sites (tertiary alicyclic amines) is 1. The Morgan fingerprint density at radius 3 is 2.68 bits per heavy atom. The van der Waals surface area contributed by atoms with E-state index in [0.29, 0.717) is 36.7 Å². The molecule has 3 aromatic heterocycles. The normalized spacial score (nSPS) is 18.8. The standard InChI is InChI=1S/C22H21F3N6/c1-26-16-10-11-30(13-16)20(22(23,24)25)15-7-9-19-28-29-21(31(19)12-15)18-8-6-14-4-2-3-5-17(14)27-18/h2-9,12,16,20,26H,10-11,13H2,1H3/t16?,20-/m1/s1. The second kappa shape index (κ2) is 7.58. The number of hydrogen-bond donors (Lipinski definition) is 1. The monoisotopic (exact) mass is 426 g/mol. The molecule has 0 radical (unpaired) electrons. The van der Waals surface area contributed by atoms with Crippen LogP contribution in [0.5, 0.6) is 0 Å². The van der Waals surface area contributed by atoms with Crippen LogP contribution in [-0.2, 0) is 0 Å². The van der Waals surface area contributed by atoms with Crippen molar-refractivity contribution in [3.8, 4) is 11.5 Å². The first kappa shape index (κ1) is 19.9. The smallest absolute Gasteiger partial charge is 0.316 e. The van der Waals surface area contributed by atoms with Crippen molar-refractivity contribution in [1.29, 1.82) is 0 Å². The van der Waals surface area contributed by atoms with Crippen LogP contribution in [0.25, 0.3) is 28.1 Å². The number of aromatic nitrogens is 4. The molecule has 2 atom stereocenters. The maximum atomic E-state index is 14.1. The van der Waals surface area contributed by atoms with Crippen molar-refractivity contribution in [3.63, 3.8) is 0 Å². The van der Waals surface area contributed by atoms with Crippen molar-refractivity contribution in [1.82, 2.24) is 29.8 Å². The zero-order valence-electron chi connectivity index (χ0n) is 16.8. The molecule has 31 heavy (non-hydrogen) atoms. The molecule has 1 fully saturated rings. The second-order valence-corrected chi connectivity index (χ2v) is 7.82. The molecule has 9 heteroatoms. The van der Waals surface area contributed by atoms with Crippen LogP contribution < -0.4 is 5.32 Å². The summed E-state index contributed by atoms with van der Waals surface area (Å²) in [6, 6.07) is 12.8. The maximum Gasteiger partial charge on any atom is 0.408 e. The largest absolute Gasteiger partial charge is 0.408 e. The van der Waals surface area contributed by atoms with Gasteiger partial charge in [-0.2, -0.15) is 13.2 Å². The van der Waals surface area contributed by atoms with Crippen molar-refractivity contribution in [2.45, 2.75) is 24.7 Å². The fourth-order valence-electron chi connectivity index (χ4n) is 4.30. The van der Waals surface area contributed by atoms with Crippen LogP contribution >= 0.6 is 0 Å². The van der Waals surface area contributed by atoms with Crippen LogP contribution in [-0.4, -0.2) is 56.8 Å². The van der Waals surface area contributed by atoms with E-state index in [2.05, 4.69) is 20.5 Å². The summed E-state index contributed by atoms with van der Waals surface area (Å²) in [6.45, 7) is 0.731. The summed E-state index contributed by atoms with van der Waals surface area (Å²) in [4.78, 5) is 6.11. The number of alkyl halides is 3. The number of rotatable bonds is 4. The number of pyridine rings is 2. The van der Waals surface area contributed by atoms with Gasteiger partial charge >= 0.3 is 6.18 Å². The number of para-hydroxylation sites is 1. The molecular weight excluding hydrogens is 405 g/mol. The van der Waals surface area contributed by atoms with Gasteiger partial charge in [0, 0.05) is 30.7 Å². The summed E-state index contributed by atoms with van der Waals surface area (Å²) >= 11 is 0. The lowest BCUT2D eigenvalue weighted by Gasteiger charge is -2.30. The van der Waals surface area contributed by atoms with Gasteiger partial charge in [-0.1, -0.05) is 30.3 Å². The molecule has 1 saturated heterocycles. The summed E-state index contributed by atoms with van der Waals surface area (Å²) in [5.74, 6) is 0.415. The third-order valence-corrected chi connectivity index (χ3v) is 5.87. The average molecular weight is 426 g/mol. The molecule has 4 heterocycles. The Balaban J connectivity index is 1.58. The minimum Gasteiger partial charge on any atom is -0.316 e. The lowest BCUT2D eigenvalue weighted by atomic mass is 10.1. The average Bonchev–Trinajstić information content (AvgIpc) is 3.39. The fraction of sp³-hybridized carbons (Fsp3) is 0.318. The van der Waals surface area contributed by atoms with Gasteiger partial charge in [0.15, 0.2) is 11.5 Å². The number of fused-ring (bicyclic) bond motifs is 2. The molecule has 1 N–H and O–H groups in total. The molecule has 6 nitrogen and oxygen atoms in total. The quantitative estimate of drug-likeness (QED) is 0.537. The minimum atomic E-state index is -4.40. The van der Waals surface area contributed by atoms with Crippen molar-refractivity contribution in [2.24, 2.45) is 0 Å².